The minimum Gasteiger partial charge on any atom is -0.326 e. The highest BCUT2D eigenvalue weighted by molar-refractivity contribution is 7.18. The monoisotopic (exact) mass is 292 g/mol. The standard InChI is InChI=1S/C18H16N2S/c1-12-8-9-16-15(10-12)17-18(21-13(2)19-17)20(16)11-14-6-4-3-5-7-14/h3-10H,11H2,1-2H3. The van der Waals surface area contributed by atoms with Crippen LogP contribution in [0.25, 0.3) is 21.3 Å². The molecule has 0 spiro atoms. The first kappa shape index (κ1) is 12.6. The number of fused-ring (bicyclic) bond motifs is 3. The summed E-state index contributed by atoms with van der Waals surface area (Å²) >= 11 is 1.78. The smallest absolute Gasteiger partial charge is 0.124 e. The van der Waals surface area contributed by atoms with Gasteiger partial charge in [-0.3, -0.25) is 0 Å². The van der Waals surface area contributed by atoms with Gasteiger partial charge in [0.25, 0.3) is 0 Å². The Kier molecular flexibility index (Phi) is 2.82. The average Bonchev–Trinajstić information content (AvgIpc) is 2.98. The minimum atomic E-state index is 0.894. The van der Waals surface area contributed by atoms with E-state index in [0.717, 1.165) is 17.1 Å². The molecule has 0 radical (unpaired) electrons. The Labute approximate surface area is 127 Å². The number of benzene rings is 2. The van der Waals surface area contributed by atoms with Gasteiger partial charge in [0.2, 0.25) is 0 Å². The van der Waals surface area contributed by atoms with Crippen molar-refractivity contribution in [2.24, 2.45) is 0 Å². The van der Waals surface area contributed by atoms with Crippen LogP contribution >= 0.6 is 11.3 Å². The quantitative estimate of drug-likeness (QED) is 0.513. The number of hydrogen-bond donors (Lipinski definition) is 0. The summed E-state index contributed by atoms with van der Waals surface area (Å²) in [5.41, 5.74) is 5.03. The third-order valence-corrected chi connectivity index (χ3v) is 4.84. The third-order valence-electron chi connectivity index (χ3n) is 3.84. The number of nitrogens with zero attached hydrogens (tertiary/aromatic N) is 2. The van der Waals surface area contributed by atoms with E-state index in [1.807, 2.05) is 0 Å². The summed E-state index contributed by atoms with van der Waals surface area (Å²) in [5, 5.41) is 2.40. The summed E-state index contributed by atoms with van der Waals surface area (Å²) < 4.78 is 2.39. The van der Waals surface area contributed by atoms with Crippen molar-refractivity contribution in [1.29, 1.82) is 0 Å². The van der Waals surface area contributed by atoms with Crippen molar-refractivity contribution in [2.75, 3.05) is 0 Å². The van der Waals surface area contributed by atoms with E-state index in [0.29, 0.717) is 0 Å². The summed E-state index contributed by atoms with van der Waals surface area (Å²) in [7, 11) is 0. The molecule has 0 aliphatic heterocycles. The molecule has 2 aromatic carbocycles. The van der Waals surface area contributed by atoms with Gasteiger partial charge in [0.1, 0.15) is 10.3 Å². The molecule has 0 bridgehead atoms. The maximum Gasteiger partial charge on any atom is 0.124 e. The fraction of sp³-hybridized carbons (Fsp3) is 0.167. The zero-order chi connectivity index (χ0) is 14.4. The normalized spacial score (nSPS) is 11.5. The van der Waals surface area contributed by atoms with Gasteiger partial charge in [-0.15, -0.1) is 11.3 Å². The van der Waals surface area contributed by atoms with Crippen LogP contribution in [-0.4, -0.2) is 9.55 Å². The van der Waals surface area contributed by atoms with Crippen molar-refractivity contribution in [3.8, 4) is 0 Å². The van der Waals surface area contributed by atoms with Crippen molar-refractivity contribution in [1.82, 2.24) is 9.55 Å². The van der Waals surface area contributed by atoms with E-state index < -0.39 is 0 Å². The lowest BCUT2D eigenvalue weighted by Gasteiger charge is -2.06. The number of hydrogen-bond acceptors (Lipinski definition) is 2. The van der Waals surface area contributed by atoms with Gasteiger partial charge in [-0.25, -0.2) is 4.98 Å². The summed E-state index contributed by atoms with van der Waals surface area (Å²) in [6.45, 7) is 5.11. The van der Waals surface area contributed by atoms with E-state index in [9.17, 15) is 0 Å². The predicted molar refractivity (Wildman–Crippen MR) is 90.1 cm³/mol. The van der Waals surface area contributed by atoms with E-state index in [1.54, 1.807) is 11.3 Å². The Bertz CT molecular complexity index is 932. The van der Waals surface area contributed by atoms with Gasteiger partial charge < -0.3 is 4.57 Å². The van der Waals surface area contributed by atoms with Gasteiger partial charge in [0.05, 0.1) is 10.5 Å². The molecule has 0 saturated heterocycles. The highest BCUT2D eigenvalue weighted by Crippen LogP contribution is 2.33. The first-order valence-electron chi connectivity index (χ1n) is 7.12. The molecule has 21 heavy (non-hydrogen) atoms. The Balaban J connectivity index is 2.00. The molecule has 3 heteroatoms. The van der Waals surface area contributed by atoms with E-state index in [2.05, 4.69) is 66.9 Å². The van der Waals surface area contributed by atoms with Gasteiger partial charge in [0, 0.05) is 11.9 Å². The third kappa shape index (κ3) is 2.05. The fourth-order valence-corrected chi connectivity index (χ4v) is 3.82. The fourth-order valence-electron chi connectivity index (χ4n) is 2.88. The molecule has 2 aromatic heterocycles. The molecule has 4 aromatic rings. The molecule has 0 atom stereocenters. The maximum atomic E-state index is 4.74. The summed E-state index contributed by atoms with van der Waals surface area (Å²) in [4.78, 5) is 6.02. The zero-order valence-corrected chi connectivity index (χ0v) is 12.9. The van der Waals surface area contributed by atoms with Crippen molar-refractivity contribution in [3.05, 3.63) is 64.7 Å². The first-order valence-corrected chi connectivity index (χ1v) is 7.94. The van der Waals surface area contributed by atoms with Crippen LogP contribution in [0.1, 0.15) is 16.1 Å². The summed E-state index contributed by atoms with van der Waals surface area (Å²) in [6, 6.07) is 17.3. The molecule has 0 aliphatic rings. The largest absolute Gasteiger partial charge is 0.326 e. The van der Waals surface area contributed by atoms with Gasteiger partial charge in [-0.1, -0.05) is 42.0 Å². The Hall–Kier alpha value is -2.13. The molecule has 0 unspecified atom stereocenters. The van der Waals surface area contributed by atoms with Crippen LogP contribution in [0.4, 0.5) is 0 Å². The molecule has 0 saturated carbocycles. The SMILES string of the molecule is Cc1ccc2c(c1)c1nc(C)sc1n2Cc1ccccc1. The van der Waals surface area contributed by atoms with Gasteiger partial charge >= 0.3 is 0 Å². The van der Waals surface area contributed by atoms with Crippen LogP contribution in [-0.2, 0) is 6.54 Å². The highest BCUT2D eigenvalue weighted by Gasteiger charge is 2.14. The molecule has 2 heterocycles. The molecular weight excluding hydrogens is 276 g/mol. The maximum absolute atomic E-state index is 4.74. The first-order chi connectivity index (χ1) is 10.2. The lowest BCUT2D eigenvalue weighted by molar-refractivity contribution is 0.875. The molecule has 0 aliphatic carbocycles. The number of aromatic nitrogens is 2. The number of thiazole rings is 1. The molecule has 104 valence electrons. The van der Waals surface area contributed by atoms with Crippen molar-refractivity contribution in [2.45, 2.75) is 20.4 Å². The Morgan fingerprint density at radius 1 is 1.05 bits per heavy atom. The number of aryl methyl sites for hydroxylation is 2. The second kappa shape index (κ2) is 4.71. The van der Waals surface area contributed by atoms with Gasteiger partial charge in [0.15, 0.2) is 0 Å². The Morgan fingerprint density at radius 3 is 2.67 bits per heavy atom. The van der Waals surface area contributed by atoms with E-state index in [1.165, 1.54) is 26.9 Å². The lowest BCUT2D eigenvalue weighted by Crippen LogP contribution is -1.98. The molecule has 0 N–H and O–H groups in total. The van der Waals surface area contributed by atoms with E-state index in [4.69, 9.17) is 4.98 Å². The van der Waals surface area contributed by atoms with Crippen molar-refractivity contribution >= 4 is 32.6 Å². The average molecular weight is 292 g/mol. The van der Waals surface area contributed by atoms with Crippen LogP contribution in [0.3, 0.4) is 0 Å². The zero-order valence-electron chi connectivity index (χ0n) is 12.1. The molecule has 2 nitrogen and oxygen atoms in total. The molecule has 0 fully saturated rings. The van der Waals surface area contributed by atoms with Gasteiger partial charge in [-0.2, -0.15) is 0 Å². The highest BCUT2D eigenvalue weighted by atomic mass is 32.1. The molecular formula is C18H16N2S. The predicted octanol–water partition coefficient (Wildman–Crippen LogP) is 4.92. The van der Waals surface area contributed by atoms with Crippen molar-refractivity contribution < 1.29 is 0 Å². The number of rotatable bonds is 2. The molecule has 4 rings (SSSR count). The summed E-state index contributed by atoms with van der Waals surface area (Å²) in [6.07, 6.45) is 0. The second-order valence-corrected chi connectivity index (χ2v) is 6.66. The van der Waals surface area contributed by atoms with Crippen LogP contribution in [0.2, 0.25) is 0 Å². The minimum absolute atomic E-state index is 0.894. The van der Waals surface area contributed by atoms with Crippen LogP contribution < -0.4 is 0 Å². The van der Waals surface area contributed by atoms with E-state index in [-0.39, 0.29) is 0 Å². The summed E-state index contributed by atoms with van der Waals surface area (Å²) in [5.74, 6) is 0. The second-order valence-electron chi connectivity index (χ2n) is 5.48. The Morgan fingerprint density at radius 2 is 1.86 bits per heavy atom. The van der Waals surface area contributed by atoms with Gasteiger partial charge in [-0.05, 0) is 31.5 Å². The van der Waals surface area contributed by atoms with Crippen LogP contribution in [0.5, 0.6) is 0 Å². The van der Waals surface area contributed by atoms with Crippen LogP contribution in [0.15, 0.2) is 48.5 Å². The van der Waals surface area contributed by atoms with E-state index >= 15 is 0 Å². The topological polar surface area (TPSA) is 17.8 Å². The van der Waals surface area contributed by atoms with Crippen LogP contribution in [0, 0.1) is 13.8 Å². The molecule has 0 amide bonds. The van der Waals surface area contributed by atoms with Crippen molar-refractivity contribution in [3.63, 3.8) is 0 Å². The lowest BCUT2D eigenvalue weighted by atomic mass is 10.1.